The number of hydrogen-bond acceptors (Lipinski definition) is 8. The predicted octanol–water partition coefficient (Wildman–Crippen LogP) is 7.12. The van der Waals surface area contributed by atoms with Gasteiger partial charge in [-0.2, -0.15) is 0 Å². The van der Waals surface area contributed by atoms with Gasteiger partial charge in [0.15, 0.2) is 11.6 Å². The summed E-state index contributed by atoms with van der Waals surface area (Å²) in [6.45, 7) is 12.7. The van der Waals surface area contributed by atoms with Crippen LogP contribution < -0.4 is 15.8 Å². The molecule has 0 spiro atoms. The van der Waals surface area contributed by atoms with Gasteiger partial charge >= 0.3 is 6.09 Å². The van der Waals surface area contributed by atoms with E-state index >= 15 is 0 Å². The quantitative estimate of drug-likeness (QED) is 0.291. The number of methoxy groups -OCH3 is 2. The van der Waals surface area contributed by atoms with Crippen LogP contribution in [0.15, 0.2) is 36.7 Å². The summed E-state index contributed by atoms with van der Waals surface area (Å²) in [7, 11) is 3.08. The number of nitrogen functional groups attached to an aromatic ring is 1. The molecule has 1 aromatic heterocycles. The molecule has 46 heavy (non-hydrogen) atoms. The van der Waals surface area contributed by atoms with Crippen LogP contribution in [0, 0.1) is 18.6 Å². The fraction of sp³-hybridized carbons (Fsp3) is 0.471. The van der Waals surface area contributed by atoms with E-state index in [9.17, 15) is 18.4 Å². The van der Waals surface area contributed by atoms with Crippen molar-refractivity contribution in [3.8, 4) is 17.0 Å². The van der Waals surface area contributed by atoms with Gasteiger partial charge in [-0.1, -0.05) is 19.9 Å². The third-order valence-electron chi connectivity index (χ3n) is 7.33. The van der Waals surface area contributed by atoms with Crippen molar-refractivity contribution in [3.05, 3.63) is 65.0 Å². The molecule has 2 aliphatic rings. The second kappa shape index (κ2) is 15.8. The van der Waals surface area contributed by atoms with Crippen LogP contribution in [0.4, 0.5) is 25.1 Å². The smallest absolute Gasteiger partial charge is 0.410 e. The summed E-state index contributed by atoms with van der Waals surface area (Å²) in [6.07, 6.45) is 4.14. The van der Waals surface area contributed by atoms with E-state index < -0.39 is 23.1 Å². The molecule has 2 aromatic carbocycles. The SMILES string of the molecule is CC.COC1CCN(C(=O)OC(C)(C)C)C1.COc1c(N)ncnc1-c1cc(F)cc(NC(=O)c2ccc(C3CC3)cc2F)c1C. The fourth-order valence-corrected chi connectivity index (χ4v) is 4.82. The first kappa shape index (κ1) is 36.2. The number of rotatable bonds is 6. The van der Waals surface area contributed by atoms with Gasteiger partial charge in [0.2, 0.25) is 0 Å². The number of ether oxygens (including phenoxy) is 3. The maximum absolute atomic E-state index is 14.5. The third kappa shape index (κ3) is 9.35. The Hall–Kier alpha value is -4.32. The number of aromatic nitrogens is 2. The molecule has 1 atom stereocenters. The van der Waals surface area contributed by atoms with Crippen LogP contribution in [0.2, 0.25) is 0 Å². The molecule has 250 valence electrons. The minimum Gasteiger partial charge on any atom is -0.491 e. The van der Waals surface area contributed by atoms with Crippen LogP contribution in [0.5, 0.6) is 5.75 Å². The lowest BCUT2D eigenvalue weighted by Gasteiger charge is -2.24. The van der Waals surface area contributed by atoms with Crippen molar-refractivity contribution >= 4 is 23.5 Å². The predicted molar refractivity (Wildman–Crippen MR) is 174 cm³/mol. The molecular weight excluding hydrogens is 596 g/mol. The highest BCUT2D eigenvalue weighted by Crippen LogP contribution is 2.40. The molecule has 5 rings (SSSR count). The van der Waals surface area contributed by atoms with Crippen LogP contribution in [0.1, 0.15) is 81.3 Å². The number of anilines is 2. The Bertz CT molecular complexity index is 1520. The Kier molecular flexibility index (Phi) is 12.4. The Balaban J connectivity index is 0.000000303. The van der Waals surface area contributed by atoms with Crippen LogP contribution in [-0.4, -0.2) is 65.9 Å². The molecule has 1 saturated heterocycles. The number of halogens is 2. The van der Waals surface area contributed by atoms with E-state index in [1.54, 1.807) is 25.0 Å². The van der Waals surface area contributed by atoms with E-state index in [2.05, 4.69) is 15.3 Å². The summed E-state index contributed by atoms with van der Waals surface area (Å²) in [5.74, 6) is -1.19. The highest BCUT2D eigenvalue weighted by molar-refractivity contribution is 6.05. The summed E-state index contributed by atoms with van der Waals surface area (Å²) < 4.78 is 44.5. The number of nitrogens with zero attached hydrogens (tertiary/aromatic N) is 3. The minimum atomic E-state index is -0.663. The Morgan fingerprint density at radius 2 is 1.74 bits per heavy atom. The van der Waals surface area contributed by atoms with E-state index in [4.69, 9.17) is 19.9 Å². The lowest BCUT2D eigenvalue weighted by Crippen LogP contribution is -2.35. The van der Waals surface area contributed by atoms with Crippen molar-refractivity contribution in [2.45, 2.75) is 78.4 Å². The van der Waals surface area contributed by atoms with Crippen LogP contribution in [-0.2, 0) is 9.47 Å². The van der Waals surface area contributed by atoms with Gasteiger partial charge in [0.1, 0.15) is 29.3 Å². The van der Waals surface area contributed by atoms with Gasteiger partial charge < -0.3 is 30.2 Å². The van der Waals surface area contributed by atoms with Crippen molar-refractivity contribution < 1.29 is 32.6 Å². The number of carbonyl (C=O) groups is 2. The summed E-state index contributed by atoms with van der Waals surface area (Å²) >= 11 is 0. The lowest BCUT2D eigenvalue weighted by atomic mass is 10.0. The molecule has 2 heterocycles. The van der Waals surface area contributed by atoms with E-state index in [0.717, 1.165) is 31.4 Å². The first-order valence-corrected chi connectivity index (χ1v) is 15.4. The van der Waals surface area contributed by atoms with Gasteiger partial charge in [-0.25, -0.2) is 23.5 Å². The van der Waals surface area contributed by atoms with Crippen LogP contribution >= 0.6 is 0 Å². The number of likely N-dealkylation sites (tertiary alicyclic amines) is 1. The van der Waals surface area contributed by atoms with Gasteiger partial charge in [0.05, 0.1) is 25.3 Å². The zero-order chi connectivity index (χ0) is 34.2. The van der Waals surface area contributed by atoms with Crippen LogP contribution in [0.25, 0.3) is 11.3 Å². The lowest BCUT2D eigenvalue weighted by molar-refractivity contribution is 0.0252. The average molecular weight is 642 g/mol. The topological polar surface area (TPSA) is 129 Å². The molecule has 10 nitrogen and oxygen atoms in total. The highest BCUT2D eigenvalue weighted by atomic mass is 19.1. The maximum Gasteiger partial charge on any atom is 0.410 e. The van der Waals surface area contributed by atoms with Crippen molar-refractivity contribution in [1.82, 2.24) is 14.9 Å². The van der Waals surface area contributed by atoms with Gasteiger partial charge in [0, 0.05) is 24.9 Å². The number of nitrogens with one attached hydrogen (secondary N) is 1. The number of amides is 2. The Morgan fingerprint density at radius 1 is 1.04 bits per heavy atom. The van der Waals surface area contributed by atoms with Gasteiger partial charge in [-0.05, 0) is 88.3 Å². The summed E-state index contributed by atoms with van der Waals surface area (Å²) in [4.78, 5) is 34.0. The minimum absolute atomic E-state index is 0.103. The molecule has 3 N–H and O–H groups in total. The van der Waals surface area contributed by atoms with E-state index in [1.807, 2.05) is 34.6 Å². The summed E-state index contributed by atoms with van der Waals surface area (Å²) in [5, 5.41) is 2.60. The standard InChI is InChI=1S/C22H20F2N4O2.C10H19NO3.C2H6/c1-11-16(19-20(30-2)21(25)27-10-26-19)8-14(23)9-18(11)28-22(29)15-6-5-13(7-17(15)24)12-3-4-12;1-10(2,3)14-9(12)11-6-5-8(7-11)13-4;1-2/h5-10,12H,3-4H2,1-2H3,(H,28,29)(H2,25,26,27);8H,5-7H2,1-4H3;1-2H3. The molecule has 0 bridgehead atoms. The monoisotopic (exact) mass is 641 g/mol. The fourth-order valence-electron chi connectivity index (χ4n) is 4.82. The van der Waals surface area contributed by atoms with E-state index in [1.165, 1.54) is 37.7 Å². The van der Waals surface area contributed by atoms with Gasteiger partial charge in [-0.3, -0.25) is 4.79 Å². The molecule has 2 fully saturated rings. The average Bonchev–Trinajstić information content (AvgIpc) is 3.75. The summed E-state index contributed by atoms with van der Waals surface area (Å²) in [5.41, 5.74) is 7.58. The third-order valence-corrected chi connectivity index (χ3v) is 7.33. The first-order chi connectivity index (χ1) is 21.8. The van der Waals surface area contributed by atoms with Crippen molar-refractivity contribution in [1.29, 1.82) is 0 Å². The molecule has 12 heteroatoms. The number of nitrogens with two attached hydrogens (primary N) is 1. The number of hydrogen-bond donors (Lipinski definition) is 2. The van der Waals surface area contributed by atoms with Crippen molar-refractivity contribution in [2.75, 3.05) is 38.4 Å². The maximum atomic E-state index is 14.5. The molecule has 1 unspecified atom stereocenters. The normalized spacial score (nSPS) is 15.6. The van der Waals surface area contributed by atoms with Crippen molar-refractivity contribution in [3.63, 3.8) is 0 Å². The molecule has 0 radical (unpaired) electrons. The molecule has 1 saturated carbocycles. The largest absolute Gasteiger partial charge is 0.491 e. The zero-order valence-electron chi connectivity index (χ0n) is 27.9. The molecule has 2 amide bonds. The van der Waals surface area contributed by atoms with Gasteiger partial charge in [-0.15, -0.1) is 0 Å². The van der Waals surface area contributed by atoms with Crippen LogP contribution in [0.3, 0.4) is 0 Å². The Morgan fingerprint density at radius 3 is 2.30 bits per heavy atom. The second-order valence-corrected chi connectivity index (χ2v) is 11.8. The Labute approximate surface area is 269 Å². The zero-order valence-corrected chi connectivity index (χ0v) is 27.9. The second-order valence-electron chi connectivity index (χ2n) is 11.8. The molecular formula is C34H45F2N5O5. The number of carbonyl (C=O) groups excluding carboxylic acids is 2. The van der Waals surface area contributed by atoms with E-state index in [0.29, 0.717) is 23.6 Å². The molecule has 1 aliphatic carbocycles. The van der Waals surface area contributed by atoms with Gasteiger partial charge in [0.25, 0.3) is 5.91 Å². The number of benzene rings is 2. The van der Waals surface area contributed by atoms with E-state index in [-0.39, 0.29) is 40.7 Å². The first-order valence-electron chi connectivity index (χ1n) is 15.4. The van der Waals surface area contributed by atoms with Crippen molar-refractivity contribution in [2.24, 2.45) is 0 Å². The molecule has 1 aliphatic heterocycles. The molecule has 3 aromatic rings. The summed E-state index contributed by atoms with van der Waals surface area (Å²) in [6, 6.07) is 7.05. The highest BCUT2D eigenvalue weighted by Gasteiger charge is 2.29.